The van der Waals surface area contributed by atoms with E-state index >= 15 is 0 Å². The van der Waals surface area contributed by atoms with Crippen LogP contribution in [0.5, 0.6) is 0 Å². The van der Waals surface area contributed by atoms with Gasteiger partial charge in [0.15, 0.2) is 0 Å². The monoisotopic (exact) mass is 274 g/mol. The van der Waals surface area contributed by atoms with Crippen LogP contribution in [0.15, 0.2) is 24.3 Å². The molecule has 0 amide bonds. The number of nitrogens with zero attached hydrogens (tertiary/aromatic N) is 2. The highest BCUT2D eigenvalue weighted by atomic mass is 16.5. The van der Waals surface area contributed by atoms with Crippen molar-refractivity contribution < 1.29 is 9.47 Å². The Bertz CT molecular complexity index is 439. The van der Waals surface area contributed by atoms with Gasteiger partial charge in [0.2, 0.25) is 0 Å². The molecule has 108 valence electrons. The van der Waals surface area contributed by atoms with Crippen molar-refractivity contribution in [3.8, 4) is 6.07 Å². The van der Waals surface area contributed by atoms with Crippen molar-refractivity contribution in [3.63, 3.8) is 0 Å². The molecule has 0 N–H and O–H groups in total. The summed E-state index contributed by atoms with van der Waals surface area (Å²) < 4.78 is 10.6. The molecule has 1 heterocycles. The van der Waals surface area contributed by atoms with E-state index in [9.17, 15) is 0 Å². The second-order valence-corrected chi connectivity index (χ2v) is 5.27. The third-order valence-electron chi connectivity index (χ3n) is 3.64. The first-order valence-corrected chi connectivity index (χ1v) is 7.10. The SMILES string of the molecule is COCCOCC1CCN(Cc2ccc(C#N)cc2)C1. The zero-order valence-corrected chi connectivity index (χ0v) is 12.0. The van der Waals surface area contributed by atoms with E-state index < -0.39 is 0 Å². The second kappa shape index (κ2) is 8.01. The van der Waals surface area contributed by atoms with Crippen molar-refractivity contribution in [2.75, 3.05) is 40.0 Å². The van der Waals surface area contributed by atoms with Crippen molar-refractivity contribution in [1.82, 2.24) is 4.90 Å². The molecule has 4 nitrogen and oxygen atoms in total. The highest BCUT2D eigenvalue weighted by Gasteiger charge is 2.22. The Kier molecular flexibility index (Phi) is 6.00. The summed E-state index contributed by atoms with van der Waals surface area (Å²) in [5, 5.41) is 8.78. The third kappa shape index (κ3) is 4.61. The number of methoxy groups -OCH3 is 1. The van der Waals surface area contributed by atoms with Gasteiger partial charge < -0.3 is 9.47 Å². The van der Waals surface area contributed by atoms with Gasteiger partial charge in [-0.3, -0.25) is 4.90 Å². The van der Waals surface area contributed by atoms with Crippen molar-refractivity contribution in [3.05, 3.63) is 35.4 Å². The smallest absolute Gasteiger partial charge is 0.0991 e. The van der Waals surface area contributed by atoms with Gasteiger partial charge in [0.05, 0.1) is 31.5 Å². The minimum absolute atomic E-state index is 0.630. The Morgan fingerprint density at radius 1 is 1.30 bits per heavy atom. The maximum atomic E-state index is 8.78. The molecule has 1 aromatic rings. The molecule has 0 spiro atoms. The molecule has 1 aliphatic heterocycles. The fourth-order valence-corrected chi connectivity index (χ4v) is 2.53. The van der Waals surface area contributed by atoms with Crippen LogP contribution in [0.25, 0.3) is 0 Å². The molecule has 0 radical (unpaired) electrons. The Labute approximate surface area is 120 Å². The van der Waals surface area contributed by atoms with Gasteiger partial charge in [0.1, 0.15) is 0 Å². The Balaban J connectivity index is 1.71. The molecule has 1 fully saturated rings. The Morgan fingerprint density at radius 2 is 2.10 bits per heavy atom. The van der Waals surface area contributed by atoms with Crippen LogP contribution in [0.4, 0.5) is 0 Å². The average Bonchev–Trinajstić information content (AvgIpc) is 2.92. The quantitative estimate of drug-likeness (QED) is 0.714. The van der Waals surface area contributed by atoms with Gasteiger partial charge in [-0.1, -0.05) is 12.1 Å². The number of benzene rings is 1. The van der Waals surface area contributed by atoms with E-state index in [2.05, 4.69) is 11.0 Å². The van der Waals surface area contributed by atoms with E-state index in [0.717, 1.165) is 31.8 Å². The molecule has 1 aromatic carbocycles. The molecule has 0 bridgehead atoms. The number of likely N-dealkylation sites (tertiary alicyclic amines) is 1. The van der Waals surface area contributed by atoms with Gasteiger partial charge in [0, 0.05) is 20.2 Å². The molecule has 1 atom stereocenters. The first kappa shape index (κ1) is 15.0. The summed E-state index contributed by atoms with van der Waals surface area (Å²) >= 11 is 0. The predicted octanol–water partition coefficient (Wildman–Crippen LogP) is 2.04. The summed E-state index contributed by atoms with van der Waals surface area (Å²) in [4.78, 5) is 2.45. The van der Waals surface area contributed by atoms with Gasteiger partial charge in [-0.05, 0) is 36.6 Å². The zero-order valence-electron chi connectivity index (χ0n) is 12.0. The molecule has 1 aliphatic rings. The Morgan fingerprint density at radius 3 is 2.80 bits per heavy atom. The van der Waals surface area contributed by atoms with Crippen LogP contribution < -0.4 is 0 Å². The number of hydrogen-bond donors (Lipinski definition) is 0. The van der Waals surface area contributed by atoms with E-state index in [1.807, 2.05) is 24.3 Å². The first-order chi connectivity index (χ1) is 9.81. The molecule has 20 heavy (non-hydrogen) atoms. The highest BCUT2D eigenvalue weighted by Crippen LogP contribution is 2.19. The lowest BCUT2D eigenvalue weighted by atomic mass is 10.1. The summed E-state index contributed by atoms with van der Waals surface area (Å²) in [5.74, 6) is 0.630. The lowest BCUT2D eigenvalue weighted by molar-refractivity contribution is 0.0525. The van der Waals surface area contributed by atoms with Crippen LogP contribution in [0.3, 0.4) is 0 Å². The summed E-state index contributed by atoms with van der Waals surface area (Å²) in [7, 11) is 1.69. The van der Waals surface area contributed by atoms with Gasteiger partial charge in [-0.15, -0.1) is 0 Å². The lowest BCUT2D eigenvalue weighted by Gasteiger charge is -2.16. The number of hydrogen-bond acceptors (Lipinski definition) is 4. The molecular formula is C16H22N2O2. The molecule has 4 heteroatoms. The van der Waals surface area contributed by atoms with Gasteiger partial charge in [-0.2, -0.15) is 5.26 Å². The van der Waals surface area contributed by atoms with Gasteiger partial charge in [0.25, 0.3) is 0 Å². The number of ether oxygens (including phenoxy) is 2. The molecule has 1 unspecified atom stereocenters. The van der Waals surface area contributed by atoms with Gasteiger partial charge in [-0.25, -0.2) is 0 Å². The maximum Gasteiger partial charge on any atom is 0.0991 e. The molecule has 1 saturated heterocycles. The molecule has 0 aliphatic carbocycles. The third-order valence-corrected chi connectivity index (χ3v) is 3.64. The molecule has 2 rings (SSSR count). The fraction of sp³-hybridized carbons (Fsp3) is 0.562. The number of rotatable bonds is 7. The van der Waals surface area contributed by atoms with Crippen molar-refractivity contribution >= 4 is 0 Å². The average molecular weight is 274 g/mol. The molecule has 0 saturated carbocycles. The minimum atomic E-state index is 0.630. The van der Waals surface area contributed by atoms with Crippen LogP contribution >= 0.6 is 0 Å². The van der Waals surface area contributed by atoms with E-state index in [1.165, 1.54) is 12.0 Å². The van der Waals surface area contributed by atoms with E-state index in [-0.39, 0.29) is 0 Å². The minimum Gasteiger partial charge on any atom is -0.382 e. The second-order valence-electron chi connectivity index (χ2n) is 5.27. The van der Waals surface area contributed by atoms with Gasteiger partial charge >= 0.3 is 0 Å². The topological polar surface area (TPSA) is 45.5 Å². The number of nitriles is 1. The Hall–Kier alpha value is -1.41. The summed E-state index contributed by atoms with van der Waals surface area (Å²) in [6, 6.07) is 10.0. The van der Waals surface area contributed by atoms with Crippen molar-refractivity contribution in [1.29, 1.82) is 5.26 Å². The predicted molar refractivity (Wildman–Crippen MR) is 77.2 cm³/mol. The van der Waals surface area contributed by atoms with Crippen LogP contribution in [0.1, 0.15) is 17.5 Å². The van der Waals surface area contributed by atoms with Crippen molar-refractivity contribution in [2.24, 2.45) is 5.92 Å². The summed E-state index contributed by atoms with van der Waals surface area (Å²) in [5.41, 5.74) is 1.99. The maximum absolute atomic E-state index is 8.78. The standard InChI is InChI=1S/C16H22N2O2/c1-19-8-9-20-13-16-6-7-18(12-16)11-15-4-2-14(10-17)3-5-15/h2-5,16H,6-9,11-13H2,1H3. The van der Waals surface area contributed by atoms with Crippen molar-refractivity contribution in [2.45, 2.75) is 13.0 Å². The zero-order chi connectivity index (χ0) is 14.2. The van der Waals surface area contributed by atoms with E-state index in [4.69, 9.17) is 14.7 Å². The lowest BCUT2D eigenvalue weighted by Crippen LogP contribution is -2.21. The summed E-state index contributed by atoms with van der Waals surface area (Å²) in [6.07, 6.45) is 1.20. The van der Waals surface area contributed by atoms with E-state index in [0.29, 0.717) is 19.1 Å². The largest absolute Gasteiger partial charge is 0.382 e. The summed E-state index contributed by atoms with van der Waals surface area (Å²) in [6.45, 7) is 5.35. The van der Waals surface area contributed by atoms with E-state index in [1.54, 1.807) is 7.11 Å². The van der Waals surface area contributed by atoms with Crippen LogP contribution in [0.2, 0.25) is 0 Å². The first-order valence-electron chi connectivity index (χ1n) is 7.10. The van der Waals surface area contributed by atoms with Crippen LogP contribution in [-0.2, 0) is 16.0 Å². The normalized spacial score (nSPS) is 19.1. The highest BCUT2D eigenvalue weighted by molar-refractivity contribution is 5.31. The van der Waals surface area contributed by atoms with Crippen LogP contribution in [0, 0.1) is 17.2 Å². The molecular weight excluding hydrogens is 252 g/mol. The van der Waals surface area contributed by atoms with Crippen LogP contribution in [-0.4, -0.2) is 44.9 Å². The molecule has 0 aromatic heterocycles. The fourth-order valence-electron chi connectivity index (χ4n) is 2.53.